The third-order valence-electron chi connectivity index (χ3n) is 5.50. The highest BCUT2D eigenvalue weighted by atomic mass is 19.1. The molecule has 4 rings (SSSR count). The Morgan fingerprint density at radius 3 is 2.63 bits per heavy atom. The molecule has 7 nitrogen and oxygen atoms in total. The molecular weight excluding hydrogens is 387 g/mol. The summed E-state index contributed by atoms with van der Waals surface area (Å²) in [4.78, 5) is 41.4. The zero-order valence-electron chi connectivity index (χ0n) is 16.4. The Hall–Kier alpha value is -3.42. The number of piperidine rings is 1. The summed E-state index contributed by atoms with van der Waals surface area (Å²) in [6.07, 6.45) is 1.37. The first-order chi connectivity index (χ1) is 14.5. The third-order valence-corrected chi connectivity index (χ3v) is 5.50. The molecule has 0 atom stereocenters. The number of hydrogen-bond donors (Lipinski definition) is 2. The Kier molecular flexibility index (Phi) is 5.65. The second-order valence-corrected chi connectivity index (χ2v) is 7.51. The Morgan fingerprint density at radius 1 is 1.10 bits per heavy atom. The van der Waals surface area contributed by atoms with Crippen molar-refractivity contribution in [3.8, 4) is 0 Å². The van der Waals surface area contributed by atoms with Crippen molar-refractivity contribution in [3.63, 3.8) is 0 Å². The minimum Gasteiger partial charge on any atom is -0.347 e. The van der Waals surface area contributed by atoms with E-state index in [1.807, 2.05) is 24.3 Å². The van der Waals surface area contributed by atoms with Crippen molar-refractivity contribution in [2.75, 3.05) is 19.6 Å². The molecule has 1 aliphatic heterocycles. The summed E-state index contributed by atoms with van der Waals surface area (Å²) in [5, 5.41) is 2.61. The first-order valence-electron chi connectivity index (χ1n) is 9.99. The maximum atomic E-state index is 13.2. The summed E-state index contributed by atoms with van der Waals surface area (Å²) in [7, 11) is 0. The molecular formula is C22H23FN4O3. The van der Waals surface area contributed by atoms with E-state index < -0.39 is 5.82 Å². The number of likely N-dealkylation sites (tertiary alicyclic amines) is 1. The zero-order valence-corrected chi connectivity index (χ0v) is 16.4. The van der Waals surface area contributed by atoms with Crippen molar-refractivity contribution in [3.05, 3.63) is 70.4 Å². The lowest BCUT2D eigenvalue weighted by Crippen LogP contribution is -2.45. The fraction of sp³-hybridized carbons (Fsp3) is 0.318. The van der Waals surface area contributed by atoms with E-state index in [-0.39, 0.29) is 36.5 Å². The lowest BCUT2D eigenvalue weighted by atomic mass is 10.0. The van der Waals surface area contributed by atoms with Gasteiger partial charge in [0.25, 0.3) is 0 Å². The minimum absolute atomic E-state index is 0.0244. The Balaban J connectivity index is 1.29. The SMILES string of the molecule is O=C(Cc1cccc(F)c1)NCC(=O)N1CCC(n2c(=O)[nH]c3ccccc32)CC1. The normalized spacial score (nSPS) is 14.8. The molecule has 30 heavy (non-hydrogen) atoms. The van der Waals surface area contributed by atoms with Crippen LogP contribution in [0.15, 0.2) is 53.3 Å². The Bertz CT molecular complexity index is 1130. The molecule has 2 N–H and O–H groups in total. The fourth-order valence-corrected chi connectivity index (χ4v) is 3.99. The first kappa shape index (κ1) is 19.9. The van der Waals surface area contributed by atoms with Gasteiger partial charge >= 0.3 is 5.69 Å². The van der Waals surface area contributed by atoms with Crippen LogP contribution in [-0.2, 0) is 16.0 Å². The van der Waals surface area contributed by atoms with E-state index in [2.05, 4.69) is 10.3 Å². The number of aromatic amines is 1. The van der Waals surface area contributed by atoms with Crippen molar-refractivity contribution in [2.24, 2.45) is 0 Å². The topological polar surface area (TPSA) is 87.2 Å². The number of imidazole rings is 1. The summed E-state index contributed by atoms with van der Waals surface area (Å²) in [5.74, 6) is -0.880. The number of para-hydroxylation sites is 2. The number of carbonyl (C=O) groups excluding carboxylic acids is 2. The summed E-state index contributed by atoms with van der Waals surface area (Å²) >= 11 is 0. The molecule has 2 heterocycles. The summed E-state index contributed by atoms with van der Waals surface area (Å²) in [6.45, 7) is 0.955. The highest BCUT2D eigenvalue weighted by Crippen LogP contribution is 2.24. The predicted octanol–water partition coefficient (Wildman–Crippen LogP) is 1.99. The van der Waals surface area contributed by atoms with Crippen LogP contribution in [0.5, 0.6) is 0 Å². The monoisotopic (exact) mass is 410 g/mol. The lowest BCUT2D eigenvalue weighted by Gasteiger charge is -2.32. The highest BCUT2D eigenvalue weighted by Gasteiger charge is 2.26. The summed E-state index contributed by atoms with van der Waals surface area (Å²) < 4.78 is 15.0. The van der Waals surface area contributed by atoms with E-state index in [4.69, 9.17) is 0 Å². The molecule has 0 spiro atoms. The fourth-order valence-electron chi connectivity index (χ4n) is 3.99. The van der Waals surface area contributed by atoms with Crippen LogP contribution < -0.4 is 11.0 Å². The summed E-state index contributed by atoms with van der Waals surface area (Å²) in [5.41, 5.74) is 2.11. The predicted molar refractivity (Wildman–Crippen MR) is 111 cm³/mol. The van der Waals surface area contributed by atoms with Crippen LogP contribution in [0.2, 0.25) is 0 Å². The molecule has 2 aromatic carbocycles. The van der Waals surface area contributed by atoms with Gasteiger partial charge in [-0.05, 0) is 42.7 Å². The van der Waals surface area contributed by atoms with Crippen molar-refractivity contribution < 1.29 is 14.0 Å². The van der Waals surface area contributed by atoms with Crippen molar-refractivity contribution >= 4 is 22.8 Å². The maximum Gasteiger partial charge on any atom is 0.326 e. The van der Waals surface area contributed by atoms with Gasteiger partial charge in [0.2, 0.25) is 11.8 Å². The Morgan fingerprint density at radius 2 is 1.87 bits per heavy atom. The van der Waals surface area contributed by atoms with Crippen LogP contribution in [-0.4, -0.2) is 45.9 Å². The zero-order chi connectivity index (χ0) is 21.1. The van der Waals surface area contributed by atoms with Crippen LogP contribution in [0, 0.1) is 5.82 Å². The maximum absolute atomic E-state index is 13.2. The molecule has 0 bridgehead atoms. The van der Waals surface area contributed by atoms with Crippen LogP contribution in [0.3, 0.4) is 0 Å². The number of hydrogen-bond acceptors (Lipinski definition) is 3. The highest BCUT2D eigenvalue weighted by molar-refractivity contribution is 5.85. The molecule has 1 fully saturated rings. The van der Waals surface area contributed by atoms with E-state index in [1.54, 1.807) is 21.6 Å². The lowest BCUT2D eigenvalue weighted by molar-refractivity contribution is -0.133. The number of nitrogens with one attached hydrogen (secondary N) is 2. The van der Waals surface area contributed by atoms with Gasteiger partial charge in [-0.2, -0.15) is 0 Å². The van der Waals surface area contributed by atoms with Gasteiger partial charge in [0.1, 0.15) is 5.82 Å². The second kappa shape index (κ2) is 8.52. The number of carbonyl (C=O) groups is 2. The Labute approximate surface area is 172 Å². The van der Waals surface area contributed by atoms with Gasteiger partial charge in [-0.15, -0.1) is 0 Å². The van der Waals surface area contributed by atoms with Crippen molar-refractivity contribution in [1.82, 2.24) is 19.8 Å². The number of H-pyrrole nitrogens is 1. The third kappa shape index (κ3) is 4.27. The standard InChI is InChI=1S/C22H23FN4O3/c23-16-5-3-4-15(12-16)13-20(28)24-14-21(29)26-10-8-17(9-11-26)27-19-7-2-1-6-18(19)25-22(27)30/h1-7,12,17H,8-11,13-14H2,(H,24,28)(H,25,30). The van der Waals surface area contributed by atoms with Crippen LogP contribution in [0.4, 0.5) is 4.39 Å². The minimum atomic E-state index is -0.395. The molecule has 0 aliphatic carbocycles. The van der Waals surface area contributed by atoms with Crippen LogP contribution in [0.1, 0.15) is 24.4 Å². The van der Waals surface area contributed by atoms with Gasteiger partial charge in [0.15, 0.2) is 0 Å². The van der Waals surface area contributed by atoms with E-state index >= 15 is 0 Å². The van der Waals surface area contributed by atoms with Crippen molar-refractivity contribution in [1.29, 1.82) is 0 Å². The number of benzene rings is 2. The average molecular weight is 410 g/mol. The first-order valence-corrected chi connectivity index (χ1v) is 9.99. The van der Waals surface area contributed by atoms with Gasteiger partial charge in [0, 0.05) is 19.1 Å². The van der Waals surface area contributed by atoms with E-state index in [1.165, 1.54) is 12.1 Å². The van der Waals surface area contributed by atoms with E-state index in [0.29, 0.717) is 31.5 Å². The molecule has 1 saturated heterocycles. The molecule has 0 saturated carbocycles. The van der Waals surface area contributed by atoms with Gasteiger partial charge < -0.3 is 15.2 Å². The molecule has 8 heteroatoms. The number of halogens is 1. The molecule has 0 unspecified atom stereocenters. The summed E-state index contributed by atoms with van der Waals surface area (Å²) in [6, 6.07) is 13.4. The molecule has 1 aliphatic rings. The van der Waals surface area contributed by atoms with E-state index in [9.17, 15) is 18.8 Å². The molecule has 0 radical (unpaired) electrons. The van der Waals surface area contributed by atoms with E-state index in [0.717, 1.165) is 11.0 Å². The van der Waals surface area contributed by atoms with Gasteiger partial charge in [0.05, 0.1) is 24.0 Å². The average Bonchev–Trinajstić information content (AvgIpc) is 3.08. The van der Waals surface area contributed by atoms with Crippen LogP contribution in [0.25, 0.3) is 11.0 Å². The number of rotatable bonds is 5. The van der Waals surface area contributed by atoms with Crippen molar-refractivity contribution in [2.45, 2.75) is 25.3 Å². The largest absolute Gasteiger partial charge is 0.347 e. The molecule has 3 aromatic rings. The molecule has 156 valence electrons. The van der Waals surface area contributed by atoms with Gasteiger partial charge in [-0.25, -0.2) is 9.18 Å². The molecule has 2 amide bonds. The second-order valence-electron chi connectivity index (χ2n) is 7.51. The quantitative estimate of drug-likeness (QED) is 0.674. The molecule has 1 aromatic heterocycles. The van der Waals surface area contributed by atoms with Crippen LogP contribution >= 0.6 is 0 Å². The smallest absolute Gasteiger partial charge is 0.326 e. The number of amides is 2. The van der Waals surface area contributed by atoms with Gasteiger partial charge in [-0.1, -0.05) is 24.3 Å². The number of nitrogens with zero attached hydrogens (tertiary/aromatic N) is 2. The number of aromatic nitrogens is 2. The van der Waals surface area contributed by atoms with Gasteiger partial charge in [-0.3, -0.25) is 14.2 Å². The number of fused-ring (bicyclic) bond motifs is 1.